The van der Waals surface area contributed by atoms with Crippen LogP contribution in [-0.2, 0) is 17.8 Å². The number of ether oxygens (including phenoxy) is 1. The number of hydrogen-bond donors (Lipinski definition) is 1. The smallest absolute Gasteiger partial charge is 0.229 e. The van der Waals surface area contributed by atoms with Gasteiger partial charge in [-0.05, 0) is 35.9 Å². The molecule has 1 aromatic heterocycles. The van der Waals surface area contributed by atoms with E-state index in [0.717, 1.165) is 35.9 Å². The second-order valence-electron chi connectivity index (χ2n) is 6.32. The number of fused-ring (bicyclic) bond motifs is 1. The number of rotatable bonds is 5. The van der Waals surface area contributed by atoms with Gasteiger partial charge in [0.25, 0.3) is 0 Å². The highest BCUT2D eigenvalue weighted by atomic mass is 35.5. The van der Waals surface area contributed by atoms with Crippen LogP contribution in [0.15, 0.2) is 54.6 Å². The van der Waals surface area contributed by atoms with Crippen LogP contribution in [0.1, 0.15) is 5.56 Å². The van der Waals surface area contributed by atoms with Crippen molar-refractivity contribution >= 4 is 34.8 Å². The minimum Gasteiger partial charge on any atom is -0.497 e. The zero-order valence-electron chi connectivity index (χ0n) is 14.9. The summed E-state index contributed by atoms with van der Waals surface area (Å²) in [6.45, 7) is 1.58. The summed E-state index contributed by atoms with van der Waals surface area (Å²) in [5, 5.41) is 8.06. The molecular weight excluding hydrogens is 364 g/mol. The van der Waals surface area contributed by atoms with E-state index in [1.807, 2.05) is 59.3 Å². The van der Waals surface area contributed by atoms with Gasteiger partial charge in [0.1, 0.15) is 11.6 Å². The van der Waals surface area contributed by atoms with E-state index >= 15 is 0 Å². The highest BCUT2D eigenvalue weighted by molar-refractivity contribution is 6.30. The Bertz CT molecular complexity index is 986. The fourth-order valence-corrected chi connectivity index (χ4v) is 3.40. The summed E-state index contributed by atoms with van der Waals surface area (Å²) in [6, 6.07) is 17.1. The van der Waals surface area contributed by atoms with Crippen molar-refractivity contribution in [3.8, 4) is 5.75 Å². The fraction of sp³-hybridized carbons (Fsp3) is 0.200. The molecule has 0 radical (unpaired) electrons. The van der Waals surface area contributed by atoms with Crippen molar-refractivity contribution in [1.29, 1.82) is 0 Å². The van der Waals surface area contributed by atoms with Crippen molar-refractivity contribution in [2.45, 2.75) is 13.0 Å². The Balaban J connectivity index is 1.47. The average Bonchev–Trinajstić information content (AvgIpc) is 3.21. The molecule has 6 nitrogen and oxygen atoms in total. The van der Waals surface area contributed by atoms with Crippen molar-refractivity contribution in [2.24, 2.45) is 0 Å². The van der Waals surface area contributed by atoms with Crippen LogP contribution in [-0.4, -0.2) is 29.3 Å². The monoisotopic (exact) mass is 382 g/mol. The third-order valence-corrected chi connectivity index (χ3v) is 4.69. The molecule has 1 amide bonds. The molecule has 0 atom stereocenters. The molecule has 138 valence electrons. The molecule has 2 heterocycles. The Morgan fingerprint density at radius 2 is 2.04 bits per heavy atom. The Hall–Kier alpha value is -2.99. The van der Waals surface area contributed by atoms with Crippen LogP contribution in [0.2, 0.25) is 5.02 Å². The first kappa shape index (κ1) is 17.4. The first-order valence-electron chi connectivity index (χ1n) is 8.66. The van der Waals surface area contributed by atoms with Crippen molar-refractivity contribution in [3.05, 3.63) is 65.2 Å². The van der Waals surface area contributed by atoms with E-state index in [1.165, 1.54) is 0 Å². The quantitative estimate of drug-likeness (QED) is 0.727. The largest absolute Gasteiger partial charge is 0.497 e. The minimum absolute atomic E-state index is 0.116. The van der Waals surface area contributed by atoms with Gasteiger partial charge in [-0.1, -0.05) is 29.8 Å². The maximum Gasteiger partial charge on any atom is 0.229 e. The summed E-state index contributed by atoms with van der Waals surface area (Å²) in [6.07, 6.45) is 0.261. The molecule has 0 bridgehead atoms. The van der Waals surface area contributed by atoms with Crippen molar-refractivity contribution in [2.75, 3.05) is 23.9 Å². The number of carbonyl (C=O) groups is 1. The number of hydrogen-bond acceptors (Lipinski definition) is 4. The van der Waals surface area contributed by atoms with Crippen LogP contribution in [0.25, 0.3) is 0 Å². The summed E-state index contributed by atoms with van der Waals surface area (Å²) in [5.74, 6) is 2.10. The molecule has 7 heteroatoms. The van der Waals surface area contributed by atoms with Gasteiger partial charge in [0, 0.05) is 23.3 Å². The van der Waals surface area contributed by atoms with Crippen LogP contribution in [0.3, 0.4) is 0 Å². The highest BCUT2D eigenvalue weighted by Crippen LogP contribution is 2.33. The van der Waals surface area contributed by atoms with Crippen molar-refractivity contribution in [1.82, 2.24) is 9.78 Å². The van der Waals surface area contributed by atoms with Gasteiger partial charge in [0.05, 0.1) is 20.1 Å². The predicted molar refractivity (Wildman–Crippen MR) is 106 cm³/mol. The van der Waals surface area contributed by atoms with Gasteiger partial charge in [-0.3, -0.25) is 4.79 Å². The minimum atomic E-state index is -0.116. The average molecular weight is 383 g/mol. The molecule has 1 aliphatic heterocycles. The van der Waals surface area contributed by atoms with Crippen LogP contribution in [0.5, 0.6) is 5.75 Å². The lowest BCUT2D eigenvalue weighted by Crippen LogP contribution is -2.16. The third-order valence-electron chi connectivity index (χ3n) is 4.46. The standard InChI is InChI=1S/C20H19ClN4O2/c1-27-17-7-2-4-14(10-17)11-19(26)22-18-13-20-24(8-9-25(20)23-18)16-6-3-5-15(21)12-16/h2-7,10,12-13H,8-9,11H2,1H3,(H,22,23,26). The number of carbonyl (C=O) groups excluding carboxylic acids is 1. The summed E-state index contributed by atoms with van der Waals surface area (Å²) in [4.78, 5) is 14.5. The summed E-state index contributed by atoms with van der Waals surface area (Å²) in [5.41, 5.74) is 1.90. The van der Waals surface area contributed by atoms with E-state index in [4.69, 9.17) is 16.3 Å². The Labute approximate surface area is 162 Å². The molecule has 4 rings (SSSR count). The van der Waals surface area contributed by atoms with Crippen LogP contribution in [0.4, 0.5) is 17.3 Å². The third kappa shape index (κ3) is 3.75. The number of benzene rings is 2. The topological polar surface area (TPSA) is 59.4 Å². The lowest BCUT2D eigenvalue weighted by molar-refractivity contribution is -0.115. The van der Waals surface area contributed by atoms with Gasteiger partial charge in [0.15, 0.2) is 5.82 Å². The number of anilines is 3. The molecule has 27 heavy (non-hydrogen) atoms. The SMILES string of the molecule is COc1cccc(CC(=O)Nc2cc3n(n2)CCN3c2cccc(Cl)c2)c1. The lowest BCUT2D eigenvalue weighted by atomic mass is 10.1. The van der Waals surface area contributed by atoms with E-state index in [-0.39, 0.29) is 12.3 Å². The molecule has 2 aromatic carbocycles. The van der Waals surface area contributed by atoms with E-state index in [9.17, 15) is 4.79 Å². The Morgan fingerprint density at radius 1 is 1.19 bits per heavy atom. The number of aromatic nitrogens is 2. The Kier molecular flexibility index (Phi) is 4.73. The highest BCUT2D eigenvalue weighted by Gasteiger charge is 2.23. The lowest BCUT2D eigenvalue weighted by Gasteiger charge is -2.17. The molecule has 0 saturated heterocycles. The van der Waals surface area contributed by atoms with Gasteiger partial charge in [-0.15, -0.1) is 0 Å². The number of amides is 1. The fourth-order valence-electron chi connectivity index (χ4n) is 3.22. The summed E-state index contributed by atoms with van der Waals surface area (Å²) in [7, 11) is 1.61. The van der Waals surface area contributed by atoms with E-state index in [1.54, 1.807) is 7.11 Å². The van der Waals surface area contributed by atoms with Gasteiger partial charge in [0.2, 0.25) is 5.91 Å². The summed E-state index contributed by atoms with van der Waals surface area (Å²) >= 11 is 6.11. The first-order chi connectivity index (χ1) is 13.1. The second kappa shape index (κ2) is 7.32. The molecule has 0 aliphatic carbocycles. The molecule has 1 aliphatic rings. The molecule has 1 N–H and O–H groups in total. The van der Waals surface area contributed by atoms with Crippen LogP contribution in [0, 0.1) is 0 Å². The van der Waals surface area contributed by atoms with E-state index in [2.05, 4.69) is 15.3 Å². The molecular formula is C20H19ClN4O2. The Morgan fingerprint density at radius 3 is 2.85 bits per heavy atom. The van der Waals surface area contributed by atoms with E-state index in [0.29, 0.717) is 10.8 Å². The molecule has 0 fully saturated rings. The number of methoxy groups -OCH3 is 1. The number of nitrogens with zero attached hydrogens (tertiary/aromatic N) is 3. The zero-order valence-corrected chi connectivity index (χ0v) is 15.6. The first-order valence-corrected chi connectivity index (χ1v) is 9.04. The van der Waals surface area contributed by atoms with E-state index < -0.39 is 0 Å². The van der Waals surface area contributed by atoms with Gasteiger partial charge in [-0.25, -0.2) is 4.68 Å². The number of halogens is 1. The predicted octanol–water partition coefficient (Wildman–Crippen LogP) is 3.88. The maximum atomic E-state index is 12.4. The van der Waals surface area contributed by atoms with Crippen molar-refractivity contribution in [3.63, 3.8) is 0 Å². The van der Waals surface area contributed by atoms with Gasteiger partial charge >= 0.3 is 0 Å². The zero-order chi connectivity index (χ0) is 18.8. The van der Waals surface area contributed by atoms with Gasteiger partial charge in [-0.2, -0.15) is 5.10 Å². The maximum absolute atomic E-state index is 12.4. The molecule has 0 saturated carbocycles. The van der Waals surface area contributed by atoms with Crippen LogP contribution < -0.4 is 15.0 Å². The summed E-state index contributed by atoms with van der Waals surface area (Å²) < 4.78 is 7.09. The van der Waals surface area contributed by atoms with Gasteiger partial charge < -0.3 is 15.0 Å². The van der Waals surface area contributed by atoms with Crippen LogP contribution >= 0.6 is 11.6 Å². The molecule has 3 aromatic rings. The second-order valence-corrected chi connectivity index (χ2v) is 6.76. The van der Waals surface area contributed by atoms with Crippen molar-refractivity contribution < 1.29 is 9.53 Å². The molecule has 0 spiro atoms. The number of nitrogens with one attached hydrogen (secondary N) is 1. The molecule has 0 unspecified atom stereocenters. The normalized spacial score (nSPS) is 12.7.